The second-order valence-electron chi connectivity index (χ2n) is 6.29. The minimum absolute atomic E-state index is 0.183. The van der Waals surface area contributed by atoms with Gasteiger partial charge in [-0.3, -0.25) is 9.89 Å². The molecule has 0 bridgehead atoms. The van der Waals surface area contributed by atoms with E-state index in [-0.39, 0.29) is 12.2 Å². The van der Waals surface area contributed by atoms with Crippen LogP contribution < -0.4 is 5.73 Å². The highest BCUT2D eigenvalue weighted by atomic mass is 19.4. The summed E-state index contributed by atoms with van der Waals surface area (Å²) in [7, 11) is 0. The molecule has 9 heteroatoms. The topological polar surface area (TPSA) is 97.5 Å². The van der Waals surface area contributed by atoms with Gasteiger partial charge in [0.25, 0.3) is 0 Å². The normalized spacial score (nSPS) is 12.1. The van der Waals surface area contributed by atoms with Crippen molar-refractivity contribution < 1.29 is 18.0 Å². The van der Waals surface area contributed by atoms with E-state index in [1.807, 2.05) is 0 Å². The summed E-state index contributed by atoms with van der Waals surface area (Å²) in [5.41, 5.74) is 5.55. The Hall–Kier alpha value is -3.67. The van der Waals surface area contributed by atoms with Crippen molar-refractivity contribution in [2.24, 2.45) is 5.73 Å². The third-order valence-electron chi connectivity index (χ3n) is 4.23. The highest BCUT2D eigenvalue weighted by Gasteiger charge is 2.34. The SMILES string of the molecule is CC(C(N)=O)c1ccccc1C#Cc1nc(Cc2cn[nH]c2)ncc1C(F)(F)F. The van der Waals surface area contributed by atoms with Crippen molar-refractivity contribution in [3.8, 4) is 11.8 Å². The van der Waals surface area contributed by atoms with Crippen LogP contribution in [0.5, 0.6) is 0 Å². The first-order valence-electron chi connectivity index (χ1n) is 8.56. The fraction of sp³-hybridized carbons (Fsp3) is 0.200. The molecule has 0 fully saturated rings. The van der Waals surface area contributed by atoms with Gasteiger partial charge in [-0.2, -0.15) is 18.3 Å². The lowest BCUT2D eigenvalue weighted by atomic mass is 9.95. The fourth-order valence-corrected chi connectivity index (χ4v) is 2.63. The zero-order chi connectivity index (χ0) is 21.0. The lowest BCUT2D eigenvalue weighted by Gasteiger charge is -2.10. The number of rotatable bonds is 4. The number of aromatic nitrogens is 4. The van der Waals surface area contributed by atoms with Crippen LogP contribution in [0.3, 0.4) is 0 Å². The zero-order valence-electron chi connectivity index (χ0n) is 15.3. The number of H-pyrrole nitrogens is 1. The van der Waals surface area contributed by atoms with Crippen LogP contribution in [0.15, 0.2) is 42.9 Å². The van der Waals surface area contributed by atoms with Crippen molar-refractivity contribution in [2.75, 3.05) is 0 Å². The maximum atomic E-state index is 13.4. The molecule has 2 heterocycles. The summed E-state index contributed by atoms with van der Waals surface area (Å²) in [4.78, 5) is 19.3. The Morgan fingerprint density at radius 3 is 2.66 bits per heavy atom. The van der Waals surface area contributed by atoms with Gasteiger partial charge in [0, 0.05) is 24.4 Å². The van der Waals surface area contributed by atoms with Crippen LogP contribution in [0.25, 0.3) is 0 Å². The molecule has 2 aromatic heterocycles. The second-order valence-corrected chi connectivity index (χ2v) is 6.29. The van der Waals surface area contributed by atoms with E-state index in [9.17, 15) is 18.0 Å². The van der Waals surface area contributed by atoms with E-state index < -0.39 is 29.3 Å². The molecule has 1 unspecified atom stereocenters. The van der Waals surface area contributed by atoms with E-state index in [0.717, 1.165) is 11.8 Å². The predicted molar refractivity (Wildman–Crippen MR) is 98.5 cm³/mol. The molecule has 29 heavy (non-hydrogen) atoms. The molecule has 0 spiro atoms. The molecule has 1 atom stereocenters. The monoisotopic (exact) mass is 399 g/mol. The van der Waals surface area contributed by atoms with Crippen molar-refractivity contribution in [1.29, 1.82) is 0 Å². The van der Waals surface area contributed by atoms with E-state index in [4.69, 9.17) is 5.73 Å². The summed E-state index contributed by atoms with van der Waals surface area (Å²) in [5, 5.41) is 6.41. The van der Waals surface area contributed by atoms with Crippen LogP contribution in [0.4, 0.5) is 13.2 Å². The number of amides is 1. The van der Waals surface area contributed by atoms with E-state index in [1.54, 1.807) is 37.4 Å². The Morgan fingerprint density at radius 1 is 1.24 bits per heavy atom. The third-order valence-corrected chi connectivity index (χ3v) is 4.23. The molecule has 0 radical (unpaired) electrons. The summed E-state index contributed by atoms with van der Waals surface area (Å²) < 4.78 is 40.1. The number of carbonyl (C=O) groups excluding carboxylic acids is 1. The van der Waals surface area contributed by atoms with Crippen LogP contribution in [-0.2, 0) is 17.4 Å². The lowest BCUT2D eigenvalue weighted by molar-refractivity contribution is -0.138. The number of hydrogen-bond donors (Lipinski definition) is 2. The van der Waals surface area contributed by atoms with E-state index >= 15 is 0 Å². The number of alkyl halides is 3. The van der Waals surface area contributed by atoms with E-state index in [1.165, 1.54) is 6.20 Å². The first-order valence-corrected chi connectivity index (χ1v) is 8.56. The number of hydrogen-bond acceptors (Lipinski definition) is 4. The van der Waals surface area contributed by atoms with Crippen molar-refractivity contribution in [1.82, 2.24) is 20.2 Å². The van der Waals surface area contributed by atoms with Crippen molar-refractivity contribution in [3.63, 3.8) is 0 Å². The van der Waals surface area contributed by atoms with Gasteiger partial charge in [0.2, 0.25) is 5.91 Å². The van der Waals surface area contributed by atoms with Crippen LogP contribution in [0, 0.1) is 11.8 Å². The highest BCUT2D eigenvalue weighted by molar-refractivity contribution is 5.82. The van der Waals surface area contributed by atoms with Crippen LogP contribution in [0.2, 0.25) is 0 Å². The molecule has 0 aliphatic heterocycles. The van der Waals surface area contributed by atoms with Gasteiger partial charge in [0.1, 0.15) is 17.1 Å². The van der Waals surface area contributed by atoms with Gasteiger partial charge >= 0.3 is 6.18 Å². The molecule has 3 N–H and O–H groups in total. The average Bonchev–Trinajstić information content (AvgIpc) is 3.18. The van der Waals surface area contributed by atoms with Crippen molar-refractivity contribution in [2.45, 2.75) is 25.4 Å². The van der Waals surface area contributed by atoms with Gasteiger partial charge in [-0.15, -0.1) is 0 Å². The Labute approximate surface area is 164 Å². The van der Waals surface area contributed by atoms with Crippen LogP contribution in [0.1, 0.15) is 46.6 Å². The second kappa shape index (κ2) is 8.14. The number of primary amides is 1. The Balaban J connectivity index is 2.04. The summed E-state index contributed by atoms with van der Waals surface area (Å²) in [6, 6.07) is 6.65. The smallest absolute Gasteiger partial charge is 0.369 e. The third kappa shape index (κ3) is 4.79. The molecular weight excluding hydrogens is 383 g/mol. The standard InChI is InChI=1S/C20H16F3N5O/c1-12(19(24)29)15-5-3-2-4-14(15)6-7-17-16(20(21,22)23)11-25-18(28-17)8-13-9-26-27-10-13/h2-5,9-12H,8H2,1H3,(H2,24,29)(H,26,27). The van der Waals surface area contributed by atoms with Crippen molar-refractivity contribution in [3.05, 3.63) is 76.6 Å². The molecule has 0 saturated heterocycles. The first kappa shape index (κ1) is 20.1. The number of halogens is 3. The number of nitrogens with two attached hydrogens (primary N) is 1. The molecule has 0 saturated carbocycles. The summed E-state index contributed by atoms with van der Waals surface area (Å²) >= 11 is 0. The molecule has 1 aromatic carbocycles. The van der Waals surface area contributed by atoms with Crippen molar-refractivity contribution >= 4 is 5.91 Å². The molecule has 3 rings (SSSR count). The van der Waals surface area contributed by atoms with E-state index in [2.05, 4.69) is 32.0 Å². The summed E-state index contributed by atoms with van der Waals surface area (Å²) in [6.07, 6.45) is -0.580. The molecule has 148 valence electrons. The minimum Gasteiger partial charge on any atom is -0.369 e. The van der Waals surface area contributed by atoms with Gasteiger partial charge in [0.05, 0.1) is 12.1 Å². The Bertz CT molecular complexity index is 1080. The molecule has 3 aromatic rings. The van der Waals surface area contributed by atoms with Gasteiger partial charge in [0.15, 0.2) is 0 Å². The number of nitrogens with one attached hydrogen (secondary N) is 1. The van der Waals surface area contributed by atoms with Crippen LogP contribution >= 0.6 is 0 Å². The largest absolute Gasteiger partial charge is 0.420 e. The van der Waals surface area contributed by atoms with Gasteiger partial charge in [-0.25, -0.2) is 9.97 Å². The predicted octanol–water partition coefficient (Wildman–Crippen LogP) is 2.80. The Morgan fingerprint density at radius 2 is 2.00 bits per heavy atom. The van der Waals surface area contributed by atoms with Gasteiger partial charge < -0.3 is 5.73 Å². The van der Waals surface area contributed by atoms with Gasteiger partial charge in [-0.05, 0) is 30.0 Å². The number of aromatic amines is 1. The maximum Gasteiger partial charge on any atom is 0.420 e. The number of carbonyl (C=O) groups is 1. The number of benzene rings is 1. The zero-order valence-corrected chi connectivity index (χ0v) is 15.3. The summed E-state index contributed by atoms with van der Waals surface area (Å²) in [6.45, 7) is 1.61. The van der Waals surface area contributed by atoms with E-state index in [0.29, 0.717) is 11.1 Å². The Kier molecular flexibility index (Phi) is 5.64. The molecule has 0 aliphatic rings. The fourth-order valence-electron chi connectivity index (χ4n) is 2.63. The molecular formula is C20H16F3N5O. The molecule has 1 amide bonds. The number of nitrogens with zero attached hydrogens (tertiary/aromatic N) is 3. The van der Waals surface area contributed by atoms with Crippen LogP contribution in [-0.4, -0.2) is 26.1 Å². The van der Waals surface area contributed by atoms with Gasteiger partial charge in [-0.1, -0.05) is 24.1 Å². The average molecular weight is 399 g/mol. The lowest BCUT2D eigenvalue weighted by Crippen LogP contribution is -2.19. The first-order chi connectivity index (χ1) is 13.8. The maximum absolute atomic E-state index is 13.4. The minimum atomic E-state index is -4.65. The quantitative estimate of drug-likeness (QED) is 0.659. The highest BCUT2D eigenvalue weighted by Crippen LogP contribution is 2.30. The summed E-state index contributed by atoms with van der Waals surface area (Å²) in [5.74, 6) is 4.18. The molecule has 0 aliphatic carbocycles. The molecule has 6 nitrogen and oxygen atoms in total.